The van der Waals surface area contributed by atoms with E-state index in [1.807, 2.05) is 49.0 Å². The molecular formula is C17H23N3O. The van der Waals surface area contributed by atoms with Gasteiger partial charge in [0.1, 0.15) is 5.82 Å². The Balaban J connectivity index is 2.49. The van der Waals surface area contributed by atoms with Crippen molar-refractivity contribution in [2.24, 2.45) is 5.92 Å². The van der Waals surface area contributed by atoms with Crippen LogP contribution in [0.2, 0.25) is 0 Å². The van der Waals surface area contributed by atoms with E-state index in [0.29, 0.717) is 11.5 Å². The van der Waals surface area contributed by atoms with Crippen molar-refractivity contribution in [2.45, 2.75) is 27.2 Å². The van der Waals surface area contributed by atoms with Gasteiger partial charge in [-0.05, 0) is 25.0 Å². The normalized spacial score (nSPS) is 12.2. The van der Waals surface area contributed by atoms with Crippen LogP contribution in [0, 0.1) is 12.8 Å². The van der Waals surface area contributed by atoms with Crippen LogP contribution in [0.5, 0.6) is 0 Å². The monoisotopic (exact) mass is 285 g/mol. The Morgan fingerprint density at radius 1 is 1.33 bits per heavy atom. The van der Waals surface area contributed by atoms with E-state index in [0.717, 1.165) is 36.5 Å². The summed E-state index contributed by atoms with van der Waals surface area (Å²) in [4.78, 5) is 13.6. The number of aldehydes is 1. The maximum absolute atomic E-state index is 11.5. The molecule has 0 spiro atoms. The largest absolute Gasteiger partial charge is 0.359 e. The lowest BCUT2D eigenvalue weighted by Crippen LogP contribution is -2.26. The fourth-order valence-corrected chi connectivity index (χ4v) is 2.46. The van der Waals surface area contributed by atoms with Crippen molar-refractivity contribution in [3.63, 3.8) is 0 Å². The average molecular weight is 285 g/mol. The second-order valence-electron chi connectivity index (χ2n) is 5.58. The van der Waals surface area contributed by atoms with Gasteiger partial charge < -0.3 is 4.90 Å². The molecule has 0 amide bonds. The number of benzene rings is 1. The van der Waals surface area contributed by atoms with Crippen molar-refractivity contribution in [1.29, 1.82) is 0 Å². The van der Waals surface area contributed by atoms with E-state index in [1.165, 1.54) is 0 Å². The highest BCUT2D eigenvalue weighted by molar-refractivity contribution is 5.85. The topological polar surface area (TPSA) is 38.1 Å². The van der Waals surface area contributed by atoms with Crippen LogP contribution in [-0.2, 0) is 0 Å². The summed E-state index contributed by atoms with van der Waals surface area (Å²) >= 11 is 0. The Labute approximate surface area is 126 Å². The molecule has 0 saturated heterocycles. The lowest BCUT2D eigenvalue weighted by atomic mass is 10.1. The van der Waals surface area contributed by atoms with Crippen LogP contribution in [0.25, 0.3) is 5.69 Å². The van der Waals surface area contributed by atoms with Gasteiger partial charge in [-0.2, -0.15) is 5.10 Å². The number of carbonyl (C=O) groups is 1. The van der Waals surface area contributed by atoms with E-state index in [9.17, 15) is 4.79 Å². The van der Waals surface area contributed by atoms with E-state index < -0.39 is 0 Å². The lowest BCUT2D eigenvalue weighted by molar-refractivity contribution is 0.112. The molecule has 1 atom stereocenters. The molecule has 21 heavy (non-hydrogen) atoms. The number of nitrogens with zero attached hydrogens (tertiary/aromatic N) is 3. The Morgan fingerprint density at radius 2 is 2.00 bits per heavy atom. The lowest BCUT2D eigenvalue weighted by Gasteiger charge is -2.24. The fraction of sp³-hybridized carbons (Fsp3) is 0.412. The minimum atomic E-state index is 0.564. The molecular weight excluding hydrogens is 262 g/mol. The number of aryl methyl sites for hydroxylation is 1. The second kappa shape index (κ2) is 6.57. The third-order valence-corrected chi connectivity index (χ3v) is 3.84. The standard InChI is InChI=1S/C17H23N3O/c1-5-13(2)11-19(4)17-16(12-21)14(3)18-20(17)15-9-7-6-8-10-15/h6-10,12-13H,5,11H2,1-4H3. The van der Waals surface area contributed by atoms with Gasteiger partial charge >= 0.3 is 0 Å². The Kier molecular flexibility index (Phi) is 4.78. The van der Waals surface area contributed by atoms with Gasteiger partial charge in [0.25, 0.3) is 0 Å². The summed E-state index contributed by atoms with van der Waals surface area (Å²) in [7, 11) is 2.02. The number of para-hydroxylation sites is 1. The van der Waals surface area contributed by atoms with Crippen LogP contribution >= 0.6 is 0 Å². The van der Waals surface area contributed by atoms with Crippen molar-refractivity contribution < 1.29 is 4.79 Å². The van der Waals surface area contributed by atoms with Crippen molar-refractivity contribution in [3.8, 4) is 5.69 Å². The number of hydrogen-bond acceptors (Lipinski definition) is 3. The van der Waals surface area contributed by atoms with Crippen LogP contribution in [0.15, 0.2) is 30.3 Å². The Bertz CT molecular complexity index is 604. The third-order valence-electron chi connectivity index (χ3n) is 3.84. The first-order chi connectivity index (χ1) is 10.1. The van der Waals surface area contributed by atoms with Crippen molar-refractivity contribution >= 4 is 12.1 Å². The van der Waals surface area contributed by atoms with E-state index in [4.69, 9.17) is 0 Å². The zero-order valence-electron chi connectivity index (χ0n) is 13.2. The van der Waals surface area contributed by atoms with E-state index >= 15 is 0 Å². The third kappa shape index (κ3) is 3.15. The van der Waals surface area contributed by atoms with Gasteiger partial charge in [-0.25, -0.2) is 4.68 Å². The van der Waals surface area contributed by atoms with Gasteiger partial charge in [-0.15, -0.1) is 0 Å². The fourth-order valence-electron chi connectivity index (χ4n) is 2.46. The van der Waals surface area contributed by atoms with Crippen molar-refractivity contribution in [2.75, 3.05) is 18.5 Å². The molecule has 0 N–H and O–H groups in total. The highest BCUT2D eigenvalue weighted by Crippen LogP contribution is 2.26. The Morgan fingerprint density at radius 3 is 2.57 bits per heavy atom. The van der Waals surface area contributed by atoms with Crippen LogP contribution in [0.1, 0.15) is 36.3 Å². The maximum atomic E-state index is 11.5. The van der Waals surface area contributed by atoms with Gasteiger partial charge in [0, 0.05) is 13.6 Å². The molecule has 2 aromatic rings. The number of hydrogen-bond donors (Lipinski definition) is 0. The molecule has 0 fully saturated rings. The predicted molar refractivity (Wildman–Crippen MR) is 86.4 cm³/mol. The summed E-state index contributed by atoms with van der Waals surface area (Å²) in [5.74, 6) is 1.43. The molecule has 0 radical (unpaired) electrons. The summed E-state index contributed by atoms with van der Waals surface area (Å²) < 4.78 is 1.86. The van der Waals surface area contributed by atoms with E-state index in [1.54, 1.807) is 0 Å². The van der Waals surface area contributed by atoms with E-state index in [-0.39, 0.29) is 0 Å². The zero-order chi connectivity index (χ0) is 15.4. The second-order valence-corrected chi connectivity index (χ2v) is 5.58. The average Bonchev–Trinajstić information content (AvgIpc) is 2.84. The zero-order valence-corrected chi connectivity index (χ0v) is 13.2. The molecule has 2 rings (SSSR count). The summed E-state index contributed by atoms with van der Waals surface area (Å²) in [5, 5.41) is 4.55. The van der Waals surface area contributed by atoms with Gasteiger partial charge in [0.15, 0.2) is 6.29 Å². The van der Waals surface area contributed by atoms with Crippen LogP contribution in [-0.4, -0.2) is 29.7 Å². The summed E-state index contributed by atoms with van der Waals surface area (Å²) in [6, 6.07) is 9.93. The first-order valence-electron chi connectivity index (χ1n) is 7.39. The number of rotatable bonds is 6. The highest BCUT2D eigenvalue weighted by Gasteiger charge is 2.20. The maximum Gasteiger partial charge on any atom is 0.155 e. The van der Waals surface area contributed by atoms with Gasteiger partial charge in [-0.3, -0.25) is 4.79 Å². The predicted octanol–water partition coefficient (Wildman–Crippen LogP) is 3.48. The van der Waals surface area contributed by atoms with E-state index in [2.05, 4.69) is 23.8 Å². The minimum Gasteiger partial charge on any atom is -0.359 e. The SMILES string of the molecule is CCC(C)CN(C)c1c(C=O)c(C)nn1-c1ccccc1. The molecule has 112 valence electrons. The van der Waals surface area contributed by atoms with Gasteiger partial charge in [0.05, 0.1) is 16.9 Å². The molecule has 4 heteroatoms. The molecule has 0 aliphatic carbocycles. The van der Waals surface area contributed by atoms with Crippen molar-refractivity contribution in [1.82, 2.24) is 9.78 Å². The van der Waals surface area contributed by atoms with Crippen LogP contribution < -0.4 is 4.90 Å². The molecule has 1 aromatic heterocycles. The summed E-state index contributed by atoms with van der Waals surface area (Å²) in [5.41, 5.74) is 2.41. The van der Waals surface area contributed by atoms with Crippen molar-refractivity contribution in [3.05, 3.63) is 41.6 Å². The molecule has 1 aromatic carbocycles. The number of carbonyl (C=O) groups excluding carboxylic acids is 1. The summed E-state index contributed by atoms with van der Waals surface area (Å²) in [6.07, 6.45) is 2.02. The van der Waals surface area contributed by atoms with Crippen LogP contribution in [0.3, 0.4) is 0 Å². The molecule has 1 heterocycles. The smallest absolute Gasteiger partial charge is 0.155 e. The highest BCUT2D eigenvalue weighted by atomic mass is 16.1. The Hall–Kier alpha value is -2.10. The molecule has 0 bridgehead atoms. The summed E-state index contributed by atoms with van der Waals surface area (Å²) in [6.45, 7) is 7.17. The molecule has 1 unspecified atom stereocenters. The number of aromatic nitrogens is 2. The van der Waals surface area contributed by atoms with Gasteiger partial charge in [0.2, 0.25) is 0 Å². The molecule has 4 nitrogen and oxygen atoms in total. The molecule has 0 aliphatic heterocycles. The molecule has 0 saturated carbocycles. The quantitative estimate of drug-likeness (QED) is 0.763. The van der Waals surface area contributed by atoms with Crippen LogP contribution in [0.4, 0.5) is 5.82 Å². The van der Waals surface area contributed by atoms with Gasteiger partial charge in [-0.1, -0.05) is 38.5 Å². The minimum absolute atomic E-state index is 0.564. The molecule has 0 aliphatic rings. The first kappa shape index (κ1) is 15.3. The first-order valence-corrected chi connectivity index (χ1v) is 7.39. The number of anilines is 1.